The first-order chi connectivity index (χ1) is 11.0. The second kappa shape index (κ2) is 5.81. The highest BCUT2D eigenvalue weighted by Gasteiger charge is 2.15. The van der Waals surface area contributed by atoms with Crippen molar-refractivity contribution in [3.05, 3.63) is 75.0 Å². The Morgan fingerprint density at radius 1 is 1.13 bits per heavy atom. The fraction of sp³-hybridized carbons (Fsp3) is 0. The maximum atomic E-state index is 13.6. The predicted molar refractivity (Wildman–Crippen MR) is 83.9 cm³/mol. The number of anilines is 1. The number of hydrogen-bond acceptors (Lipinski definition) is 2. The summed E-state index contributed by atoms with van der Waals surface area (Å²) in [5, 5.41) is 2.83. The summed E-state index contributed by atoms with van der Waals surface area (Å²) >= 11 is 5.85. The minimum atomic E-state index is -0.932. The number of aromatic amines is 1. The molecule has 4 nitrogen and oxygen atoms in total. The van der Waals surface area contributed by atoms with Crippen molar-refractivity contribution in [2.75, 3.05) is 5.32 Å². The number of carbonyl (C=O) groups is 1. The van der Waals surface area contributed by atoms with Gasteiger partial charge in [0.05, 0.1) is 5.69 Å². The molecular formula is C16H9ClF2N2O2. The third-order valence-corrected chi connectivity index (χ3v) is 3.50. The molecule has 0 spiro atoms. The van der Waals surface area contributed by atoms with Crippen LogP contribution in [0.1, 0.15) is 10.4 Å². The van der Waals surface area contributed by atoms with Gasteiger partial charge in [0.1, 0.15) is 17.2 Å². The quantitative estimate of drug-likeness (QED) is 0.750. The van der Waals surface area contributed by atoms with E-state index in [0.29, 0.717) is 16.6 Å². The van der Waals surface area contributed by atoms with Crippen molar-refractivity contribution in [2.45, 2.75) is 0 Å². The summed E-state index contributed by atoms with van der Waals surface area (Å²) in [5.74, 6) is -2.50. The molecule has 0 saturated heterocycles. The van der Waals surface area contributed by atoms with Crippen molar-refractivity contribution in [3.63, 3.8) is 0 Å². The molecule has 2 aromatic carbocycles. The van der Waals surface area contributed by atoms with Crippen LogP contribution in [0.3, 0.4) is 0 Å². The smallest absolute Gasteiger partial charge is 0.261 e. The van der Waals surface area contributed by atoms with Crippen LogP contribution in [0.2, 0.25) is 5.02 Å². The molecule has 7 heteroatoms. The van der Waals surface area contributed by atoms with Crippen LogP contribution in [0.5, 0.6) is 0 Å². The van der Waals surface area contributed by atoms with Gasteiger partial charge in [0, 0.05) is 28.2 Å². The Balaban J connectivity index is 2.01. The Bertz CT molecular complexity index is 985. The van der Waals surface area contributed by atoms with Crippen LogP contribution in [0.15, 0.2) is 47.4 Å². The van der Waals surface area contributed by atoms with Crippen molar-refractivity contribution in [2.24, 2.45) is 0 Å². The molecule has 0 atom stereocenters. The molecule has 0 aliphatic carbocycles. The molecule has 0 aliphatic heterocycles. The van der Waals surface area contributed by atoms with Gasteiger partial charge in [0.25, 0.3) is 5.91 Å². The number of H-pyrrole nitrogens is 1. The third-order valence-electron chi connectivity index (χ3n) is 3.27. The van der Waals surface area contributed by atoms with E-state index in [4.69, 9.17) is 11.6 Å². The van der Waals surface area contributed by atoms with Crippen LogP contribution in [0, 0.1) is 11.6 Å². The van der Waals surface area contributed by atoms with Gasteiger partial charge in [-0.05, 0) is 30.3 Å². The number of fused-ring (bicyclic) bond motifs is 1. The lowest BCUT2D eigenvalue weighted by molar-refractivity contribution is 0.102. The van der Waals surface area contributed by atoms with Crippen LogP contribution >= 0.6 is 11.6 Å². The van der Waals surface area contributed by atoms with Gasteiger partial charge in [0.2, 0.25) is 5.43 Å². The fourth-order valence-corrected chi connectivity index (χ4v) is 2.31. The molecule has 1 heterocycles. The van der Waals surface area contributed by atoms with Gasteiger partial charge in [-0.1, -0.05) is 11.6 Å². The summed E-state index contributed by atoms with van der Waals surface area (Å²) in [4.78, 5) is 27.3. The SMILES string of the molecule is O=C(Nc1ccc(F)cc1F)c1c[nH]c2ccc(Cl)cc2c1=O. The largest absolute Gasteiger partial charge is 0.360 e. The third kappa shape index (κ3) is 2.93. The van der Waals surface area contributed by atoms with Crippen molar-refractivity contribution in [1.29, 1.82) is 0 Å². The summed E-state index contributed by atoms with van der Waals surface area (Å²) in [6.45, 7) is 0. The molecule has 3 aromatic rings. The van der Waals surface area contributed by atoms with E-state index in [1.807, 2.05) is 0 Å². The van der Waals surface area contributed by atoms with Crippen LogP contribution in [0.25, 0.3) is 10.9 Å². The van der Waals surface area contributed by atoms with E-state index < -0.39 is 23.0 Å². The van der Waals surface area contributed by atoms with Gasteiger partial charge in [-0.3, -0.25) is 9.59 Å². The molecule has 0 aliphatic rings. The number of aromatic nitrogens is 1. The first kappa shape index (κ1) is 15.2. The zero-order valence-corrected chi connectivity index (χ0v) is 12.2. The van der Waals surface area contributed by atoms with Gasteiger partial charge in [-0.2, -0.15) is 0 Å². The Morgan fingerprint density at radius 3 is 2.65 bits per heavy atom. The molecule has 0 saturated carbocycles. The Hall–Kier alpha value is -2.73. The monoisotopic (exact) mass is 334 g/mol. The van der Waals surface area contributed by atoms with Crippen LogP contribution < -0.4 is 10.7 Å². The van der Waals surface area contributed by atoms with E-state index >= 15 is 0 Å². The van der Waals surface area contributed by atoms with Gasteiger partial charge >= 0.3 is 0 Å². The number of hydrogen-bond donors (Lipinski definition) is 2. The van der Waals surface area contributed by atoms with Gasteiger partial charge < -0.3 is 10.3 Å². The van der Waals surface area contributed by atoms with Crippen LogP contribution in [-0.2, 0) is 0 Å². The molecular weight excluding hydrogens is 326 g/mol. The Kier molecular flexibility index (Phi) is 3.83. The average molecular weight is 335 g/mol. The first-order valence-corrected chi connectivity index (χ1v) is 6.91. The maximum absolute atomic E-state index is 13.6. The second-order valence-electron chi connectivity index (χ2n) is 4.80. The molecule has 0 bridgehead atoms. The number of pyridine rings is 1. The molecule has 0 fully saturated rings. The van der Waals surface area contributed by atoms with E-state index in [-0.39, 0.29) is 16.6 Å². The van der Waals surface area contributed by atoms with E-state index in [2.05, 4.69) is 10.3 Å². The van der Waals surface area contributed by atoms with Crippen LogP contribution in [0.4, 0.5) is 14.5 Å². The number of halogens is 3. The van der Waals surface area contributed by atoms with Gasteiger partial charge in [-0.25, -0.2) is 8.78 Å². The normalized spacial score (nSPS) is 10.7. The molecule has 3 rings (SSSR count). The Labute approximate surface area is 133 Å². The van der Waals surface area contributed by atoms with E-state index in [9.17, 15) is 18.4 Å². The van der Waals surface area contributed by atoms with Gasteiger partial charge in [-0.15, -0.1) is 0 Å². The molecule has 0 radical (unpaired) electrons. The summed E-state index contributed by atoms with van der Waals surface area (Å²) in [5.41, 5.74) is -0.448. The standard InChI is InChI=1S/C16H9ClF2N2O2/c17-8-1-3-13-10(5-8)15(22)11(7-20-13)16(23)21-14-4-2-9(18)6-12(14)19/h1-7H,(H,20,22)(H,21,23). The van der Waals surface area contributed by atoms with Crippen molar-refractivity contribution >= 4 is 34.1 Å². The predicted octanol–water partition coefficient (Wildman–Crippen LogP) is 3.71. The number of nitrogens with one attached hydrogen (secondary N) is 2. The molecule has 23 heavy (non-hydrogen) atoms. The van der Waals surface area contributed by atoms with Crippen molar-refractivity contribution in [1.82, 2.24) is 4.98 Å². The zero-order chi connectivity index (χ0) is 16.6. The number of amides is 1. The second-order valence-corrected chi connectivity index (χ2v) is 5.24. The summed E-state index contributed by atoms with van der Waals surface area (Å²) in [6.07, 6.45) is 1.23. The van der Waals surface area contributed by atoms with E-state index in [1.165, 1.54) is 12.3 Å². The lowest BCUT2D eigenvalue weighted by Gasteiger charge is -2.07. The zero-order valence-electron chi connectivity index (χ0n) is 11.5. The lowest BCUT2D eigenvalue weighted by Crippen LogP contribution is -2.22. The summed E-state index contributed by atoms with van der Waals surface area (Å²) < 4.78 is 26.4. The molecule has 0 unspecified atom stereocenters. The molecule has 2 N–H and O–H groups in total. The first-order valence-electron chi connectivity index (χ1n) is 6.53. The van der Waals surface area contributed by atoms with E-state index in [1.54, 1.807) is 12.1 Å². The fourth-order valence-electron chi connectivity index (χ4n) is 2.14. The number of rotatable bonds is 2. The number of carbonyl (C=O) groups excluding carboxylic acids is 1. The minimum Gasteiger partial charge on any atom is -0.360 e. The lowest BCUT2D eigenvalue weighted by atomic mass is 10.1. The highest BCUT2D eigenvalue weighted by molar-refractivity contribution is 6.31. The topological polar surface area (TPSA) is 62.0 Å². The maximum Gasteiger partial charge on any atom is 0.261 e. The summed E-state index contributed by atoms with van der Waals surface area (Å²) in [6, 6.07) is 7.37. The summed E-state index contributed by atoms with van der Waals surface area (Å²) in [7, 11) is 0. The molecule has 116 valence electrons. The highest BCUT2D eigenvalue weighted by atomic mass is 35.5. The highest BCUT2D eigenvalue weighted by Crippen LogP contribution is 2.17. The van der Waals surface area contributed by atoms with Crippen LogP contribution in [-0.4, -0.2) is 10.9 Å². The van der Waals surface area contributed by atoms with Crippen molar-refractivity contribution in [3.8, 4) is 0 Å². The van der Waals surface area contributed by atoms with Gasteiger partial charge in [0.15, 0.2) is 0 Å². The number of benzene rings is 2. The Morgan fingerprint density at radius 2 is 1.91 bits per heavy atom. The molecule has 1 amide bonds. The van der Waals surface area contributed by atoms with E-state index in [0.717, 1.165) is 12.1 Å². The average Bonchev–Trinajstić information content (AvgIpc) is 2.51. The minimum absolute atomic E-state index is 0.205. The molecule has 1 aromatic heterocycles. The van der Waals surface area contributed by atoms with Crippen molar-refractivity contribution < 1.29 is 13.6 Å².